The van der Waals surface area contributed by atoms with Gasteiger partial charge in [0.05, 0.1) is 4.47 Å². The Labute approximate surface area is 162 Å². The van der Waals surface area contributed by atoms with Gasteiger partial charge in [-0.2, -0.15) is 0 Å². The number of benzene rings is 2. The van der Waals surface area contributed by atoms with Crippen LogP contribution in [0.15, 0.2) is 46.9 Å². The molecule has 5 nitrogen and oxygen atoms in total. The van der Waals surface area contributed by atoms with E-state index >= 15 is 0 Å². The van der Waals surface area contributed by atoms with Crippen molar-refractivity contribution in [3.8, 4) is 5.75 Å². The molecule has 26 heavy (non-hydrogen) atoms. The van der Waals surface area contributed by atoms with Crippen LogP contribution in [-0.2, 0) is 16.0 Å². The molecule has 2 rings (SSSR count). The number of aryl methyl sites for hydroxylation is 1. The number of carbonyl (C=O) groups excluding carboxylic acids is 2. The molecule has 2 amide bonds. The van der Waals surface area contributed by atoms with Gasteiger partial charge in [0.25, 0.3) is 5.91 Å². The Morgan fingerprint density at radius 2 is 1.77 bits per heavy atom. The summed E-state index contributed by atoms with van der Waals surface area (Å²) < 4.78 is 6.39. The topological polar surface area (TPSA) is 67.4 Å². The van der Waals surface area contributed by atoms with Crippen LogP contribution in [0.4, 0.5) is 11.4 Å². The zero-order valence-corrected chi connectivity index (χ0v) is 16.7. The Hall–Kier alpha value is -2.34. The van der Waals surface area contributed by atoms with Gasteiger partial charge in [-0.3, -0.25) is 9.59 Å². The van der Waals surface area contributed by atoms with Gasteiger partial charge in [0.2, 0.25) is 5.91 Å². The van der Waals surface area contributed by atoms with E-state index in [0.717, 1.165) is 10.9 Å². The molecule has 2 N–H and O–H groups in total. The van der Waals surface area contributed by atoms with Crippen molar-refractivity contribution < 1.29 is 14.3 Å². The molecule has 0 spiro atoms. The van der Waals surface area contributed by atoms with Gasteiger partial charge in [-0.1, -0.05) is 32.9 Å². The number of hydrogen-bond acceptors (Lipinski definition) is 3. The molecule has 0 radical (unpaired) electrons. The molecule has 0 aliphatic rings. The lowest BCUT2D eigenvalue weighted by Gasteiger charge is -2.11. The SMILES string of the molecule is CCc1ccc(OCC(=O)Nc2cccc(NC(=O)C(C)C)c2)c(Br)c1. The molecule has 0 fully saturated rings. The first kappa shape index (κ1) is 20.0. The molecule has 2 aromatic carbocycles. The molecule has 0 atom stereocenters. The molecule has 0 saturated heterocycles. The van der Waals surface area contributed by atoms with E-state index in [1.54, 1.807) is 24.3 Å². The summed E-state index contributed by atoms with van der Waals surface area (Å²) >= 11 is 3.45. The first-order valence-electron chi connectivity index (χ1n) is 8.51. The maximum absolute atomic E-state index is 12.1. The van der Waals surface area contributed by atoms with Gasteiger partial charge in [0.1, 0.15) is 5.75 Å². The minimum absolute atomic E-state index is 0.0720. The highest BCUT2D eigenvalue weighted by Gasteiger charge is 2.09. The van der Waals surface area contributed by atoms with E-state index in [9.17, 15) is 9.59 Å². The Morgan fingerprint density at radius 3 is 2.38 bits per heavy atom. The highest BCUT2D eigenvalue weighted by atomic mass is 79.9. The normalized spacial score (nSPS) is 10.5. The molecule has 0 aliphatic carbocycles. The molecule has 2 aromatic rings. The Morgan fingerprint density at radius 1 is 1.08 bits per heavy atom. The smallest absolute Gasteiger partial charge is 0.262 e. The summed E-state index contributed by atoms with van der Waals surface area (Å²) in [6.07, 6.45) is 0.934. The van der Waals surface area contributed by atoms with Crippen LogP contribution in [0, 0.1) is 5.92 Å². The van der Waals surface area contributed by atoms with Gasteiger partial charge < -0.3 is 15.4 Å². The maximum atomic E-state index is 12.1. The molecule has 0 bridgehead atoms. The van der Waals surface area contributed by atoms with Crippen molar-refractivity contribution in [2.45, 2.75) is 27.2 Å². The largest absolute Gasteiger partial charge is 0.483 e. The summed E-state index contributed by atoms with van der Waals surface area (Å²) in [5.41, 5.74) is 2.43. The molecular weight excluding hydrogens is 396 g/mol. The van der Waals surface area contributed by atoms with Gasteiger partial charge in [-0.05, 0) is 58.2 Å². The quantitative estimate of drug-likeness (QED) is 0.688. The lowest BCUT2D eigenvalue weighted by Crippen LogP contribution is -2.21. The Kier molecular flexibility index (Phi) is 7.21. The van der Waals surface area contributed by atoms with Crippen LogP contribution in [0.2, 0.25) is 0 Å². The summed E-state index contributed by atoms with van der Waals surface area (Å²) in [4.78, 5) is 23.9. The van der Waals surface area contributed by atoms with E-state index in [1.165, 1.54) is 5.56 Å². The Bertz CT molecular complexity index is 790. The predicted octanol–water partition coefficient (Wildman–Crippen LogP) is 4.62. The molecule has 0 saturated carbocycles. The summed E-state index contributed by atoms with van der Waals surface area (Å²) in [7, 11) is 0. The third kappa shape index (κ3) is 5.88. The molecule has 138 valence electrons. The monoisotopic (exact) mass is 418 g/mol. The summed E-state index contributed by atoms with van der Waals surface area (Å²) in [6, 6.07) is 12.8. The lowest BCUT2D eigenvalue weighted by atomic mass is 10.2. The molecule has 0 aliphatic heterocycles. The molecule has 0 aromatic heterocycles. The minimum Gasteiger partial charge on any atom is -0.483 e. The molecular formula is C20H23BrN2O3. The van der Waals surface area contributed by atoms with Gasteiger partial charge in [-0.15, -0.1) is 0 Å². The number of halogens is 1. The van der Waals surface area contributed by atoms with Gasteiger partial charge >= 0.3 is 0 Å². The zero-order chi connectivity index (χ0) is 19.1. The summed E-state index contributed by atoms with van der Waals surface area (Å²) in [5, 5.41) is 5.57. The van der Waals surface area contributed by atoms with E-state index in [1.807, 2.05) is 32.0 Å². The third-order valence-corrected chi connectivity index (χ3v) is 4.32. The van der Waals surface area contributed by atoms with Gasteiger partial charge in [-0.25, -0.2) is 0 Å². The van der Waals surface area contributed by atoms with Crippen molar-refractivity contribution in [3.63, 3.8) is 0 Å². The summed E-state index contributed by atoms with van der Waals surface area (Å²) in [6.45, 7) is 5.62. The number of nitrogens with one attached hydrogen (secondary N) is 2. The van der Waals surface area contributed by atoms with Crippen LogP contribution in [0.3, 0.4) is 0 Å². The van der Waals surface area contributed by atoms with Gasteiger partial charge in [0, 0.05) is 17.3 Å². The fourth-order valence-electron chi connectivity index (χ4n) is 2.18. The van der Waals surface area contributed by atoms with Crippen LogP contribution in [-0.4, -0.2) is 18.4 Å². The first-order chi connectivity index (χ1) is 12.4. The standard InChI is InChI=1S/C20H23BrN2O3/c1-4-14-8-9-18(17(21)10-14)26-12-19(24)22-15-6-5-7-16(11-15)23-20(25)13(2)3/h5-11,13H,4,12H2,1-3H3,(H,22,24)(H,23,25). The van der Waals surface area contributed by atoms with E-state index in [-0.39, 0.29) is 24.3 Å². The number of hydrogen-bond donors (Lipinski definition) is 2. The van der Waals surface area contributed by atoms with Crippen molar-refractivity contribution in [3.05, 3.63) is 52.5 Å². The number of amides is 2. The average Bonchev–Trinajstić information content (AvgIpc) is 2.60. The zero-order valence-electron chi connectivity index (χ0n) is 15.1. The van der Waals surface area contributed by atoms with Crippen LogP contribution >= 0.6 is 15.9 Å². The second-order valence-electron chi connectivity index (χ2n) is 6.18. The van der Waals surface area contributed by atoms with Crippen molar-refractivity contribution in [2.24, 2.45) is 5.92 Å². The second kappa shape index (κ2) is 9.38. The van der Waals surface area contributed by atoms with Crippen LogP contribution in [0.1, 0.15) is 26.3 Å². The van der Waals surface area contributed by atoms with Crippen molar-refractivity contribution in [1.82, 2.24) is 0 Å². The number of carbonyl (C=O) groups is 2. The second-order valence-corrected chi connectivity index (χ2v) is 7.03. The number of anilines is 2. The third-order valence-electron chi connectivity index (χ3n) is 3.70. The van der Waals surface area contributed by atoms with Crippen molar-refractivity contribution >= 4 is 39.1 Å². The molecule has 6 heteroatoms. The highest BCUT2D eigenvalue weighted by molar-refractivity contribution is 9.10. The van der Waals surface area contributed by atoms with Crippen LogP contribution in [0.5, 0.6) is 5.75 Å². The minimum atomic E-state index is -0.274. The van der Waals surface area contributed by atoms with Gasteiger partial charge in [0.15, 0.2) is 6.61 Å². The number of rotatable bonds is 7. The summed E-state index contributed by atoms with van der Waals surface area (Å²) in [5.74, 6) is 0.162. The van der Waals surface area contributed by atoms with Crippen molar-refractivity contribution in [1.29, 1.82) is 0 Å². The van der Waals surface area contributed by atoms with Crippen LogP contribution < -0.4 is 15.4 Å². The van der Waals surface area contributed by atoms with E-state index in [2.05, 4.69) is 33.5 Å². The fraction of sp³-hybridized carbons (Fsp3) is 0.300. The maximum Gasteiger partial charge on any atom is 0.262 e. The lowest BCUT2D eigenvalue weighted by molar-refractivity contribution is -0.119. The van der Waals surface area contributed by atoms with Crippen LogP contribution in [0.25, 0.3) is 0 Å². The Balaban J connectivity index is 1.92. The average molecular weight is 419 g/mol. The predicted molar refractivity (Wildman–Crippen MR) is 108 cm³/mol. The van der Waals surface area contributed by atoms with E-state index < -0.39 is 0 Å². The number of ether oxygens (including phenoxy) is 1. The highest BCUT2D eigenvalue weighted by Crippen LogP contribution is 2.26. The first-order valence-corrected chi connectivity index (χ1v) is 9.30. The molecule has 0 heterocycles. The van der Waals surface area contributed by atoms with E-state index in [0.29, 0.717) is 17.1 Å². The van der Waals surface area contributed by atoms with Crippen molar-refractivity contribution in [2.75, 3.05) is 17.2 Å². The fourth-order valence-corrected chi connectivity index (χ4v) is 2.72. The molecule has 0 unspecified atom stereocenters. The van der Waals surface area contributed by atoms with E-state index in [4.69, 9.17) is 4.74 Å².